The second-order valence-electron chi connectivity index (χ2n) is 10.7. The van der Waals surface area contributed by atoms with Crippen LogP contribution in [0, 0.1) is 0 Å². The van der Waals surface area contributed by atoms with E-state index in [0.29, 0.717) is 54.3 Å². The number of esters is 1. The zero-order valence-corrected chi connectivity index (χ0v) is 26.1. The highest BCUT2D eigenvalue weighted by molar-refractivity contribution is 6.12. The van der Waals surface area contributed by atoms with Crippen LogP contribution in [0.25, 0.3) is 6.08 Å². The van der Waals surface area contributed by atoms with Gasteiger partial charge in [-0.1, -0.05) is 72.8 Å². The molecule has 1 N–H and O–H groups in total. The normalized spacial score (nSPS) is 11.5. The van der Waals surface area contributed by atoms with Crippen molar-refractivity contribution in [3.05, 3.63) is 156 Å². The molecule has 8 heteroatoms. The Balaban J connectivity index is 1.18. The quantitative estimate of drug-likeness (QED) is 0.0566. The molecule has 0 aliphatic rings. The van der Waals surface area contributed by atoms with Crippen LogP contribution in [0.15, 0.2) is 138 Å². The highest BCUT2D eigenvalue weighted by Gasteiger charge is 2.23. The Kier molecular flexibility index (Phi) is 11.4. The molecule has 1 amide bonds. The molecular weight excluding hydrogens is 592 g/mol. The van der Waals surface area contributed by atoms with Crippen molar-refractivity contribution in [2.24, 2.45) is 0 Å². The monoisotopic (exact) mass is 628 g/mol. The van der Waals surface area contributed by atoms with Crippen molar-refractivity contribution in [3.63, 3.8) is 0 Å². The number of carbonyl (C=O) groups is 3. The predicted molar refractivity (Wildman–Crippen MR) is 183 cm³/mol. The van der Waals surface area contributed by atoms with E-state index in [-0.39, 0.29) is 11.7 Å². The molecular formula is C39H36N2O6. The van der Waals surface area contributed by atoms with E-state index >= 15 is 0 Å². The Morgan fingerprint density at radius 2 is 1.53 bits per heavy atom. The Morgan fingerprint density at radius 1 is 0.830 bits per heavy atom. The summed E-state index contributed by atoms with van der Waals surface area (Å²) in [6.07, 6.45) is 5.65. The van der Waals surface area contributed by atoms with Gasteiger partial charge < -0.3 is 24.1 Å². The summed E-state index contributed by atoms with van der Waals surface area (Å²) in [4.78, 5) is 40.7. The van der Waals surface area contributed by atoms with Gasteiger partial charge in [0, 0.05) is 41.5 Å². The van der Waals surface area contributed by atoms with Gasteiger partial charge in [0.05, 0.1) is 20.0 Å². The van der Waals surface area contributed by atoms with Gasteiger partial charge in [-0.25, -0.2) is 4.79 Å². The molecule has 1 aromatic heterocycles. The van der Waals surface area contributed by atoms with E-state index in [1.54, 1.807) is 59.7 Å². The molecule has 0 saturated carbocycles. The molecule has 0 spiro atoms. The molecule has 1 atom stereocenters. The van der Waals surface area contributed by atoms with Crippen LogP contribution >= 0.6 is 0 Å². The maximum absolute atomic E-state index is 13.2. The van der Waals surface area contributed by atoms with Gasteiger partial charge in [-0.15, -0.1) is 0 Å². The zero-order chi connectivity index (χ0) is 32.8. The maximum Gasteiger partial charge on any atom is 0.328 e. The van der Waals surface area contributed by atoms with Gasteiger partial charge in [-0.3, -0.25) is 9.59 Å². The van der Waals surface area contributed by atoms with Gasteiger partial charge in [0.2, 0.25) is 0 Å². The van der Waals surface area contributed by atoms with Crippen LogP contribution in [0.1, 0.15) is 33.7 Å². The minimum Gasteiger partial charge on any atom is -0.494 e. The van der Waals surface area contributed by atoms with Gasteiger partial charge in [0.25, 0.3) is 5.91 Å². The topological polar surface area (TPSA) is 98.1 Å². The molecule has 0 aliphatic carbocycles. The van der Waals surface area contributed by atoms with Crippen LogP contribution in [0.2, 0.25) is 0 Å². The highest BCUT2D eigenvalue weighted by Crippen LogP contribution is 2.23. The average molecular weight is 629 g/mol. The lowest BCUT2D eigenvalue weighted by Crippen LogP contribution is -2.33. The highest BCUT2D eigenvalue weighted by atomic mass is 16.5. The van der Waals surface area contributed by atoms with E-state index < -0.39 is 12.0 Å². The average Bonchev–Trinajstić information content (AvgIpc) is 3.65. The van der Waals surface area contributed by atoms with E-state index in [4.69, 9.17) is 13.9 Å². The lowest BCUT2D eigenvalue weighted by Gasteiger charge is -2.21. The van der Waals surface area contributed by atoms with Gasteiger partial charge in [-0.05, 0) is 66.6 Å². The number of anilines is 2. The molecule has 5 aromatic rings. The summed E-state index contributed by atoms with van der Waals surface area (Å²) in [7, 11) is 1.34. The number of benzene rings is 4. The summed E-state index contributed by atoms with van der Waals surface area (Å²) in [6.45, 7) is 0.862. The number of hydrogen-bond donors (Lipinski definition) is 1. The first-order valence-corrected chi connectivity index (χ1v) is 15.3. The Bertz CT molecular complexity index is 1770. The number of furan rings is 1. The number of hydrogen-bond acceptors (Lipinski definition) is 7. The third-order valence-electron chi connectivity index (χ3n) is 7.45. The van der Waals surface area contributed by atoms with Crippen LogP contribution in [0.3, 0.4) is 0 Å². The molecule has 47 heavy (non-hydrogen) atoms. The van der Waals surface area contributed by atoms with E-state index in [9.17, 15) is 14.4 Å². The van der Waals surface area contributed by atoms with E-state index in [1.165, 1.54) is 13.2 Å². The lowest BCUT2D eigenvalue weighted by atomic mass is 10.00. The molecule has 0 bridgehead atoms. The van der Waals surface area contributed by atoms with Crippen LogP contribution in [-0.4, -0.2) is 44.0 Å². The van der Waals surface area contributed by atoms with Crippen molar-refractivity contribution in [2.75, 3.05) is 30.5 Å². The Hall–Kier alpha value is -5.89. The fourth-order valence-corrected chi connectivity index (χ4v) is 5.05. The minimum absolute atomic E-state index is 0.139. The van der Waals surface area contributed by atoms with E-state index in [2.05, 4.69) is 5.32 Å². The molecule has 8 nitrogen and oxygen atoms in total. The zero-order valence-electron chi connectivity index (χ0n) is 26.1. The van der Waals surface area contributed by atoms with Crippen molar-refractivity contribution < 1.29 is 28.3 Å². The molecule has 0 radical (unpaired) electrons. The molecule has 1 heterocycles. The lowest BCUT2D eigenvalue weighted by molar-refractivity contribution is -0.141. The van der Waals surface area contributed by atoms with Crippen molar-refractivity contribution in [1.82, 2.24) is 0 Å². The maximum atomic E-state index is 13.2. The molecule has 238 valence electrons. The number of carbonyl (C=O) groups excluding carboxylic acids is 3. The molecule has 0 aliphatic heterocycles. The Morgan fingerprint density at radius 3 is 2.23 bits per heavy atom. The van der Waals surface area contributed by atoms with Gasteiger partial charge in [-0.2, -0.15) is 0 Å². The number of ether oxygens (including phenoxy) is 2. The van der Waals surface area contributed by atoms with Crippen molar-refractivity contribution in [2.45, 2.75) is 18.9 Å². The van der Waals surface area contributed by atoms with Crippen LogP contribution < -0.4 is 15.0 Å². The summed E-state index contributed by atoms with van der Waals surface area (Å²) in [5.74, 6) is 0.544. The number of ketones is 1. The number of para-hydroxylation sites is 2. The third-order valence-corrected chi connectivity index (χ3v) is 7.45. The summed E-state index contributed by atoms with van der Waals surface area (Å²) in [5.41, 5.74) is 3.27. The third kappa shape index (κ3) is 9.08. The Labute approximate surface area is 274 Å². The van der Waals surface area contributed by atoms with Crippen molar-refractivity contribution in [3.8, 4) is 5.75 Å². The van der Waals surface area contributed by atoms with Gasteiger partial charge in [0.1, 0.15) is 17.6 Å². The molecule has 0 fully saturated rings. The minimum atomic E-state index is -0.722. The fourth-order valence-electron chi connectivity index (χ4n) is 5.05. The SMILES string of the molecule is COC(=O)[C@H](Cc1ccc(OCCCN(C(=O)/C=C/c2ccco2)c2ccccc2)cc1)Nc1ccccc1C(=O)c1ccccc1. The number of nitrogens with zero attached hydrogens (tertiary/aromatic N) is 1. The van der Waals surface area contributed by atoms with Gasteiger partial charge in [0.15, 0.2) is 5.78 Å². The summed E-state index contributed by atoms with van der Waals surface area (Å²) in [5, 5.41) is 3.24. The van der Waals surface area contributed by atoms with Gasteiger partial charge >= 0.3 is 5.97 Å². The molecule has 0 unspecified atom stereocenters. The first-order valence-electron chi connectivity index (χ1n) is 15.3. The van der Waals surface area contributed by atoms with Crippen LogP contribution in [0.5, 0.6) is 5.75 Å². The number of nitrogens with one attached hydrogen (secondary N) is 1. The van der Waals surface area contributed by atoms with E-state index in [1.807, 2.05) is 78.9 Å². The number of rotatable bonds is 15. The first-order chi connectivity index (χ1) is 23.0. The fraction of sp³-hybridized carbons (Fsp3) is 0.154. The molecule has 4 aromatic carbocycles. The largest absolute Gasteiger partial charge is 0.494 e. The smallest absolute Gasteiger partial charge is 0.328 e. The molecule has 5 rings (SSSR count). The van der Waals surface area contributed by atoms with Crippen molar-refractivity contribution in [1.29, 1.82) is 0 Å². The summed E-state index contributed by atoms with van der Waals surface area (Å²) < 4.78 is 16.4. The molecule has 0 saturated heterocycles. The number of methoxy groups -OCH3 is 1. The van der Waals surface area contributed by atoms with Crippen LogP contribution in [-0.2, 0) is 20.7 Å². The second kappa shape index (κ2) is 16.4. The summed E-state index contributed by atoms with van der Waals surface area (Å²) >= 11 is 0. The van der Waals surface area contributed by atoms with Crippen LogP contribution in [0.4, 0.5) is 11.4 Å². The number of amides is 1. The van der Waals surface area contributed by atoms with Crippen molar-refractivity contribution >= 4 is 35.1 Å². The first kappa shape index (κ1) is 32.5. The summed E-state index contributed by atoms with van der Waals surface area (Å²) in [6, 6.07) is 36.0. The predicted octanol–water partition coefficient (Wildman–Crippen LogP) is 7.22. The second-order valence-corrected chi connectivity index (χ2v) is 10.7. The standard InChI is InChI=1S/C39H36N2O6/c1-45-39(44)36(40-35-18-9-8-17-34(35)38(43)30-12-4-2-5-13-30)28-29-19-21-33(22-20-29)47-27-11-25-41(31-14-6-3-7-15-31)37(42)24-23-32-16-10-26-46-32/h2-10,12-24,26,36,40H,11,25,27-28H2,1H3/b24-23+/t36-/m0/s1. The van der Waals surface area contributed by atoms with E-state index in [0.717, 1.165) is 11.3 Å².